The van der Waals surface area contributed by atoms with Crippen LogP contribution in [0, 0.1) is 0 Å². The number of aryl methyl sites for hydroxylation is 1. The van der Waals surface area contributed by atoms with Crippen molar-refractivity contribution >= 4 is 34.4 Å². The van der Waals surface area contributed by atoms with Gasteiger partial charge in [-0.15, -0.1) is 0 Å². The number of para-hydroxylation sites is 2. The fraction of sp³-hybridized carbons (Fsp3) is 0.405. The summed E-state index contributed by atoms with van der Waals surface area (Å²) < 4.78 is 5.28. The number of aromatic nitrogens is 6. The number of hydrogen-bond acceptors (Lipinski definition) is 10. The zero-order valence-electron chi connectivity index (χ0n) is 28.6. The van der Waals surface area contributed by atoms with Crippen LogP contribution < -0.4 is 21.9 Å². The van der Waals surface area contributed by atoms with Gasteiger partial charge in [-0.3, -0.25) is 33.7 Å². The molecule has 51 heavy (non-hydrogen) atoms. The highest BCUT2D eigenvalue weighted by molar-refractivity contribution is 6.00. The van der Waals surface area contributed by atoms with Gasteiger partial charge in [0.05, 0.1) is 34.7 Å². The summed E-state index contributed by atoms with van der Waals surface area (Å²) in [6.07, 6.45) is 10.4. The summed E-state index contributed by atoms with van der Waals surface area (Å²) in [6.45, 7) is 2.00. The number of likely N-dealkylation sites (tertiary alicyclic amines) is 1. The van der Waals surface area contributed by atoms with Crippen molar-refractivity contribution in [1.82, 2.24) is 39.3 Å². The molecule has 2 aliphatic heterocycles. The molecule has 0 radical (unpaired) electrons. The molecule has 5 heterocycles. The van der Waals surface area contributed by atoms with Crippen LogP contribution in [0.25, 0.3) is 22.3 Å². The molecule has 264 valence electrons. The molecule has 3 fully saturated rings. The van der Waals surface area contributed by atoms with Crippen molar-refractivity contribution in [2.45, 2.75) is 75.4 Å². The second-order valence-corrected chi connectivity index (χ2v) is 14.0. The number of nitrogens with two attached hydrogens (primary N) is 1. The number of piperidine rings is 2. The first-order valence-corrected chi connectivity index (χ1v) is 17.8. The molecule has 3 aromatic heterocycles. The Morgan fingerprint density at radius 2 is 1.71 bits per heavy atom. The lowest BCUT2D eigenvalue weighted by Gasteiger charge is -2.41. The molecule has 3 aliphatic rings. The maximum Gasteiger partial charge on any atom is 0.329 e. The van der Waals surface area contributed by atoms with E-state index in [0.29, 0.717) is 41.1 Å². The SMILES string of the molecule is Cn1c(=O)n(C2CCC(=O)NC2=O)c2cccc(C3CCC(N4CCC(n5ccc(N(N)c6cnnc(-c7ccccc7O)c6)n5)CC4)CC3)c21. The Morgan fingerprint density at radius 1 is 0.922 bits per heavy atom. The first kappa shape index (κ1) is 32.8. The van der Waals surface area contributed by atoms with Gasteiger partial charge in [0.25, 0.3) is 0 Å². The van der Waals surface area contributed by atoms with Gasteiger partial charge in [-0.05, 0) is 80.7 Å². The van der Waals surface area contributed by atoms with Gasteiger partial charge in [-0.2, -0.15) is 15.3 Å². The summed E-state index contributed by atoms with van der Waals surface area (Å²) in [5.41, 5.74) is 4.31. The largest absolute Gasteiger partial charge is 0.507 e. The number of carbonyl (C=O) groups excluding carboxylic acids is 2. The number of fused-ring (bicyclic) bond motifs is 1. The molecule has 8 rings (SSSR count). The number of amides is 2. The molecule has 1 aliphatic carbocycles. The van der Waals surface area contributed by atoms with E-state index in [9.17, 15) is 19.5 Å². The second kappa shape index (κ2) is 13.4. The number of imidazole rings is 1. The van der Waals surface area contributed by atoms with Gasteiger partial charge in [0.2, 0.25) is 11.8 Å². The van der Waals surface area contributed by atoms with Gasteiger partial charge in [-0.25, -0.2) is 10.6 Å². The van der Waals surface area contributed by atoms with Crippen LogP contribution in [0.5, 0.6) is 5.75 Å². The molecular weight excluding hydrogens is 648 g/mol. The number of phenolic OH excluding ortho intramolecular Hbond substituents is 1. The van der Waals surface area contributed by atoms with E-state index in [2.05, 4.69) is 26.5 Å². The Labute approximate surface area is 294 Å². The molecule has 5 aromatic rings. The van der Waals surface area contributed by atoms with Gasteiger partial charge in [0, 0.05) is 50.4 Å². The highest BCUT2D eigenvalue weighted by Gasteiger charge is 2.34. The van der Waals surface area contributed by atoms with Gasteiger partial charge < -0.3 is 10.0 Å². The van der Waals surface area contributed by atoms with Crippen LogP contribution in [-0.2, 0) is 16.6 Å². The number of aromatic hydroxyl groups is 1. The average Bonchev–Trinajstić information content (AvgIpc) is 3.75. The van der Waals surface area contributed by atoms with Crippen LogP contribution in [-0.4, -0.2) is 70.1 Å². The topological polar surface area (TPSA) is 169 Å². The Bertz CT molecular complexity index is 2160. The number of carbonyl (C=O) groups is 2. The highest BCUT2D eigenvalue weighted by atomic mass is 16.3. The van der Waals surface area contributed by atoms with Crippen LogP contribution in [0.2, 0.25) is 0 Å². The maximum atomic E-state index is 13.4. The third kappa shape index (κ3) is 6.08. The number of nitrogens with zero attached hydrogens (tertiary/aromatic N) is 8. The molecule has 0 spiro atoms. The number of benzene rings is 2. The van der Waals surface area contributed by atoms with Crippen molar-refractivity contribution in [2.75, 3.05) is 18.1 Å². The van der Waals surface area contributed by atoms with Gasteiger partial charge in [0.1, 0.15) is 11.8 Å². The van der Waals surface area contributed by atoms with Crippen LogP contribution in [0.3, 0.4) is 0 Å². The zero-order valence-corrected chi connectivity index (χ0v) is 28.6. The summed E-state index contributed by atoms with van der Waals surface area (Å²) in [7, 11) is 1.78. The summed E-state index contributed by atoms with van der Waals surface area (Å²) in [4.78, 5) is 40.5. The van der Waals surface area contributed by atoms with Crippen LogP contribution in [0.1, 0.15) is 74.9 Å². The van der Waals surface area contributed by atoms with Crippen LogP contribution >= 0.6 is 0 Å². The van der Waals surface area contributed by atoms with E-state index in [-0.39, 0.29) is 29.8 Å². The number of phenols is 1. The van der Waals surface area contributed by atoms with Crippen molar-refractivity contribution in [1.29, 1.82) is 0 Å². The molecule has 14 nitrogen and oxygen atoms in total. The minimum Gasteiger partial charge on any atom is -0.507 e. The first-order chi connectivity index (χ1) is 24.8. The van der Waals surface area contributed by atoms with Gasteiger partial charge in [0.15, 0.2) is 5.82 Å². The predicted octanol–water partition coefficient (Wildman–Crippen LogP) is 4.05. The lowest BCUT2D eigenvalue weighted by atomic mass is 9.80. The lowest BCUT2D eigenvalue weighted by Crippen LogP contribution is -2.44. The van der Waals surface area contributed by atoms with E-state index < -0.39 is 11.9 Å². The quantitative estimate of drug-likeness (QED) is 0.129. The van der Waals surface area contributed by atoms with Gasteiger partial charge in [-0.1, -0.05) is 24.3 Å². The van der Waals surface area contributed by atoms with Crippen molar-refractivity contribution in [3.8, 4) is 17.0 Å². The third-order valence-electron chi connectivity index (χ3n) is 11.1. The van der Waals surface area contributed by atoms with Crippen molar-refractivity contribution in [3.63, 3.8) is 0 Å². The Hall–Kier alpha value is -5.34. The predicted molar refractivity (Wildman–Crippen MR) is 191 cm³/mol. The molecule has 2 aromatic carbocycles. The fourth-order valence-corrected chi connectivity index (χ4v) is 8.40. The summed E-state index contributed by atoms with van der Waals surface area (Å²) in [6, 6.07) is 16.8. The van der Waals surface area contributed by atoms with E-state index in [4.69, 9.17) is 10.9 Å². The van der Waals surface area contributed by atoms with Gasteiger partial charge >= 0.3 is 5.69 Å². The summed E-state index contributed by atoms with van der Waals surface area (Å²) in [5.74, 6) is 6.84. The number of nitrogens with one attached hydrogen (secondary N) is 1. The van der Waals surface area contributed by atoms with E-state index >= 15 is 0 Å². The number of hydrazine groups is 1. The Morgan fingerprint density at radius 3 is 2.47 bits per heavy atom. The first-order valence-electron chi connectivity index (χ1n) is 17.8. The van der Waals surface area contributed by atoms with Crippen LogP contribution in [0.4, 0.5) is 11.5 Å². The maximum absolute atomic E-state index is 13.4. The molecule has 14 heteroatoms. The molecule has 0 bridgehead atoms. The lowest BCUT2D eigenvalue weighted by molar-refractivity contribution is -0.135. The number of imide groups is 1. The number of hydrogen-bond donors (Lipinski definition) is 3. The smallest absolute Gasteiger partial charge is 0.329 e. The standard InChI is InChI=1S/C37H42N10O4/c1-43-35-27(6-4-7-30(35)46(37(43)51)31-13-14-34(49)40-36(31)50)23-9-11-24(12-10-23)44-18-15-25(16-19-44)45-20-17-33(42-45)47(38)26-21-29(41-39-22-26)28-5-2-3-8-32(28)48/h2-8,17,20-25,31,48H,9-16,18-19,38H2,1H3,(H,40,49,50). The fourth-order valence-electron chi connectivity index (χ4n) is 8.40. The minimum absolute atomic E-state index is 0.126. The molecule has 2 amide bonds. The van der Waals surface area contributed by atoms with E-state index in [1.165, 1.54) is 5.01 Å². The average molecular weight is 691 g/mol. The van der Waals surface area contributed by atoms with Crippen molar-refractivity contribution < 1.29 is 14.7 Å². The normalized spacial score (nSPS) is 22.0. The van der Waals surface area contributed by atoms with Crippen molar-refractivity contribution in [3.05, 3.63) is 83.0 Å². The highest BCUT2D eigenvalue weighted by Crippen LogP contribution is 2.39. The van der Waals surface area contributed by atoms with E-state index in [1.54, 1.807) is 46.6 Å². The molecule has 4 N–H and O–H groups in total. The van der Waals surface area contributed by atoms with Crippen molar-refractivity contribution in [2.24, 2.45) is 12.9 Å². The molecule has 1 atom stereocenters. The number of rotatable bonds is 7. The van der Waals surface area contributed by atoms with E-state index in [1.807, 2.05) is 35.1 Å². The second-order valence-electron chi connectivity index (χ2n) is 14.0. The molecule has 1 saturated carbocycles. The summed E-state index contributed by atoms with van der Waals surface area (Å²) >= 11 is 0. The third-order valence-corrected chi connectivity index (χ3v) is 11.1. The molecular formula is C37H42N10O4. The number of anilines is 2. The zero-order chi connectivity index (χ0) is 35.2. The Balaban J connectivity index is 0.892. The Kier molecular flexibility index (Phi) is 8.64. The summed E-state index contributed by atoms with van der Waals surface area (Å²) in [5, 5.41) is 27.3. The monoisotopic (exact) mass is 690 g/mol. The molecule has 1 unspecified atom stereocenters. The molecule has 2 saturated heterocycles. The van der Waals surface area contributed by atoms with E-state index in [0.717, 1.165) is 68.2 Å². The minimum atomic E-state index is -0.682. The van der Waals surface area contributed by atoms with Crippen LogP contribution in [0.15, 0.2) is 71.8 Å².